The third-order valence-electron chi connectivity index (χ3n) is 6.19. The average molecular weight is 508 g/mol. The van der Waals surface area contributed by atoms with Crippen LogP contribution in [-0.2, 0) is 14.3 Å². The van der Waals surface area contributed by atoms with E-state index in [0.29, 0.717) is 23.5 Å². The Balaban J connectivity index is 1.65. The van der Waals surface area contributed by atoms with Crippen LogP contribution >= 0.6 is 38.9 Å². The summed E-state index contributed by atoms with van der Waals surface area (Å²) in [6, 6.07) is 7.16. The Labute approximate surface area is 192 Å². The number of hydrogen-bond donors (Lipinski definition) is 0. The number of anilines is 1. The largest absolute Gasteiger partial charge is 0.483 e. The number of hydrogen-bond acceptors (Lipinski definition) is 5. The molecule has 1 amide bonds. The van der Waals surface area contributed by atoms with E-state index in [-0.39, 0.29) is 34.8 Å². The van der Waals surface area contributed by atoms with Gasteiger partial charge in [0, 0.05) is 14.7 Å². The smallest absolute Gasteiger partial charge is 0.296 e. The standard InChI is InChI=1S/C22H20BrClN2O3S/c1-10-11(2)30-22(25-10)26-18(12-3-5-13(23)6-4-12)17-19(27)15-9-14(24)7-8-16(15)29-20(17)21(26)28/h3-6,14-16,18H,7-9H2,1-2H3. The summed E-state index contributed by atoms with van der Waals surface area (Å²) < 4.78 is 7.12. The number of ether oxygens (including phenoxy) is 1. The molecule has 1 aliphatic carbocycles. The van der Waals surface area contributed by atoms with E-state index in [1.807, 2.05) is 38.1 Å². The van der Waals surface area contributed by atoms with E-state index in [0.717, 1.165) is 27.0 Å². The van der Waals surface area contributed by atoms with Crippen molar-refractivity contribution in [1.29, 1.82) is 0 Å². The Bertz CT molecular complexity index is 1060. The predicted octanol–water partition coefficient (Wildman–Crippen LogP) is 5.24. The van der Waals surface area contributed by atoms with Gasteiger partial charge in [0.05, 0.1) is 23.2 Å². The van der Waals surface area contributed by atoms with Crippen LogP contribution in [0.1, 0.15) is 41.4 Å². The molecule has 30 heavy (non-hydrogen) atoms. The molecule has 3 aliphatic rings. The topological polar surface area (TPSA) is 59.5 Å². The molecule has 0 saturated heterocycles. The number of aromatic nitrogens is 1. The number of amides is 1. The van der Waals surface area contributed by atoms with Crippen molar-refractivity contribution in [2.24, 2.45) is 5.92 Å². The molecule has 156 valence electrons. The Morgan fingerprint density at radius 3 is 2.60 bits per heavy atom. The van der Waals surface area contributed by atoms with Crippen LogP contribution < -0.4 is 4.90 Å². The van der Waals surface area contributed by atoms with Gasteiger partial charge >= 0.3 is 0 Å². The van der Waals surface area contributed by atoms with Gasteiger partial charge in [0.2, 0.25) is 0 Å². The number of nitrogens with zero attached hydrogens (tertiary/aromatic N) is 2. The monoisotopic (exact) mass is 506 g/mol. The molecule has 2 aromatic rings. The van der Waals surface area contributed by atoms with Gasteiger partial charge in [-0.2, -0.15) is 0 Å². The summed E-state index contributed by atoms with van der Waals surface area (Å²) in [4.78, 5) is 34.4. The fraction of sp³-hybridized carbons (Fsp3) is 0.409. The van der Waals surface area contributed by atoms with Crippen molar-refractivity contribution in [3.8, 4) is 0 Å². The van der Waals surface area contributed by atoms with E-state index in [4.69, 9.17) is 16.3 Å². The molecule has 5 rings (SSSR count). The van der Waals surface area contributed by atoms with E-state index >= 15 is 0 Å². The summed E-state index contributed by atoms with van der Waals surface area (Å²) in [5, 5.41) is 0.552. The predicted molar refractivity (Wildman–Crippen MR) is 120 cm³/mol. The van der Waals surface area contributed by atoms with Crippen LogP contribution in [-0.4, -0.2) is 28.2 Å². The second-order valence-corrected chi connectivity index (χ2v) is 10.8. The fourth-order valence-electron chi connectivity index (χ4n) is 4.53. The van der Waals surface area contributed by atoms with Gasteiger partial charge in [0.25, 0.3) is 5.91 Å². The van der Waals surface area contributed by atoms with E-state index in [2.05, 4.69) is 20.9 Å². The molecule has 0 radical (unpaired) electrons. The van der Waals surface area contributed by atoms with E-state index in [1.54, 1.807) is 4.90 Å². The molecule has 1 fully saturated rings. The minimum Gasteiger partial charge on any atom is -0.483 e. The Morgan fingerprint density at radius 1 is 1.20 bits per heavy atom. The Morgan fingerprint density at radius 2 is 1.93 bits per heavy atom. The number of carbonyl (C=O) groups is 2. The maximum Gasteiger partial charge on any atom is 0.296 e. The van der Waals surface area contributed by atoms with Gasteiger partial charge in [0.15, 0.2) is 16.7 Å². The molecule has 3 heterocycles. The van der Waals surface area contributed by atoms with Crippen molar-refractivity contribution < 1.29 is 14.3 Å². The molecule has 0 bridgehead atoms. The molecule has 8 heteroatoms. The SMILES string of the molecule is Cc1nc(N2C(=O)C3=C(C(=O)C4CC(Cl)CCC4O3)C2c2ccc(Br)cc2)sc1C. The number of ketones is 1. The van der Waals surface area contributed by atoms with Crippen LogP contribution in [0.15, 0.2) is 40.1 Å². The van der Waals surface area contributed by atoms with Crippen LogP contribution in [0.4, 0.5) is 5.13 Å². The van der Waals surface area contributed by atoms with Crippen LogP contribution in [0, 0.1) is 19.8 Å². The first-order valence-electron chi connectivity index (χ1n) is 9.97. The lowest BCUT2D eigenvalue weighted by Gasteiger charge is -2.37. The van der Waals surface area contributed by atoms with Gasteiger partial charge in [0.1, 0.15) is 6.10 Å². The van der Waals surface area contributed by atoms with E-state index in [9.17, 15) is 9.59 Å². The molecule has 2 aliphatic heterocycles. The van der Waals surface area contributed by atoms with Gasteiger partial charge in [-0.15, -0.1) is 22.9 Å². The summed E-state index contributed by atoms with van der Waals surface area (Å²) in [5.74, 6) is -0.412. The van der Waals surface area contributed by atoms with Crippen molar-refractivity contribution in [1.82, 2.24) is 4.98 Å². The van der Waals surface area contributed by atoms with Crippen molar-refractivity contribution in [2.75, 3.05) is 4.90 Å². The van der Waals surface area contributed by atoms with Crippen LogP contribution in [0.2, 0.25) is 0 Å². The molecule has 0 N–H and O–H groups in total. The third kappa shape index (κ3) is 3.13. The average Bonchev–Trinajstić information content (AvgIpc) is 3.20. The first kappa shape index (κ1) is 20.2. The number of benzene rings is 1. The highest BCUT2D eigenvalue weighted by Gasteiger charge is 2.53. The lowest BCUT2D eigenvalue weighted by atomic mass is 9.77. The highest BCUT2D eigenvalue weighted by molar-refractivity contribution is 9.10. The Hall–Kier alpha value is -1.70. The molecule has 4 unspecified atom stereocenters. The van der Waals surface area contributed by atoms with Crippen molar-refractivity contribution in [2.45, 2.75) is 50.6 Å². The van der Waals surface area contributed by atoms with Crippen LogP contribution in [0.5, 0.6) is 0 Å². The molecule has 0 spiro atoms. The molecular formula is C22H20BrClN2O3S. The normalized spacial score (nSPS) is 28.5. The fourth-order valence-corrected chi connectivity index (χ4v) is 6.05. The zero-order chi connectivity index (χ0) is 21.2. The van der Waals surface area contributed by atoms with E-state index in [1.165, 1.54) is 11.3 Å². The van der Waals surface area contributed by atoms with E-state index < -0.39 is 6.04 Å². The van der Waals surface area contributed by atoms with Crippen LogP contribution in [0.25, 0.3) is 0 Å². The van der Waals surface area contributed by atoms with Crippen LogP contribution in [0.3, 0.4) is 0 Å². The summed E-state index contributed by atoms with van der Waals surface area (Å²) in [5.41, 5.74) is 2.18. The molecule has 1 aromatic carbocycles. The van der Waals surface area contributed by atoms with Crippen molar-refractivity contribution in [3.63, 3.8) is 0 Å². The number of alkyl halides is 1. The quantitative estimate of drug-likeness (QED) is 0.522. The second kappa shape index (κ2) is 7.46. The molecule has 4 atom stereocenters. The number of fused-ring (bicyclic) bond motifs is 1. The second-order valence-electron chi connectivity index (χ2n) is 8.05. The molecule has 1 saturated carbocycles. The molecule has 5 nitrogen and oxygen atoms in total. The summed E-state index contributed by atoms with van der Waals surface area (Å²) >= 11 is 11.3. The first-order valence-corrected chi connectivity index (χ1v) is 12.0. The summed E-state index contributed by atoms with van der Waals surface area (Å²) in [6.07, 6.45) is 1.78. The zero-order valence-electron chi connectivity index (χ0n) is 16.5. The first-order chi connectivity index (χ1) is 14.3. The number of carbonyl (C=O) groups excluding carboxylic acids is 2. The Kier molecular flexibility index (Phi) is 5.03. The molecular weight excluding hydrogens is 488 g/mol. The highest BCUT2D eigenvalue weighted by Crippen LogP contribution is 2.49. The van der Waals surface area contributed by atoms with Gasteiger partial charge in [-0.05, 0) is 50.8 Å². The number of aryl methyl sites for hydroxylation is 2. The number of halogens is 2. The lowest BCUT2D eigenvalue weighted by Crippen LogP contribution is -2.41. The summed E-state index contributed by atoms with van der Waals surface area (Å²) in [7, 11) is 0. The minimum atomic E-state index is -0.547. The van der Waals surface area contributed by atoms with Crippen molar-refractivity contribution in [3.05, 3.63) is 56.2 Å². The number of Topliss-reactive ketones (excluding diaryl/α,β-unsaturated/α-hetero) is 1. The minimum absolute atomic E-state index is 0.0135. The van der Waals surface area contributed by atoms with Gasteiger partial charge < -0.3 is 4.74 Å². The number of thiazole rings is 1. The zero-order valence-corrected chi connectivity index (χ0v) is 19.7. The third-order valence-corrected chi connectivity index (χ3v) is 8.19. The lowest BCUT2D eigenvalue weighted by molar-refractivity contribution is -0.131. The van der Waals surface area contributed by atoms with Crippen molar-refractivity contribution >= 4 is 55.7 Å². The maximum absolute atomic E-state index is 13.6. The van der Waals surface area contributed by atoms with Gasteiger partial charge in [-0.3, -0.25) is 14.5 Å². The van der Waals surface area contributed by atoms with Gasteiger partial charge in [-0.25, -0.2) is 4.98 Å². The number of rotatable bonds is 2. The molecule has 1 aromatic heterocycles. The van der Waals surface area contributed by atoms with Gasteiger partial charge in [-0.1, -0.05) is 28.1 Å². The summed E-state index contributed by atoms with van der Waals surface area (Å²) in [6.45, 7) is 3.91. The highest BCUT2D eigenvalue weighted by atomic mass is 79.9. The maximum atomic E-state index is 13.6.